The van der Waals surface area contributed by atoms with Gasteiger partial charge in [-0.1, -0.05) is 13.8 Å². The van der Waals surface area contributed by atoms with Crippen molar-refractivity contribution in [1.29, 1.82) is 0 Å². The topological polar surface area (TPSA) is 78.6 Å². The lowest BCUT2D eigenvalue weighted by atomic mass is 9.98. The van der Waals surface area contributed by atoms with Crippen LogP contribution in [0.2, 0.25) is 0 Å². The Morgan fingerprint density at radius 3 is 2.69 bits per heavy atom. The van der Waals surface area contributed by atoms with Crippen LogP contribution in [0.25, 0.3) is 0 Å². The fourth-order valence-corrected chi connectivity index (χ4v) is 2.98. The van der Waals surface area contributed by atoms with Crippen LogP contribution in [-0.2, 0) is 19.5 Å². The van der Waals surface area contributed by atoms with Crippen LogP contribution >= 0.6 is 0 Å². The first-order valence-corrected chi connectivity index (χ1v) is 7.16. The van der Waals surface area contributed by atoms with Gasteiger partial charge in [0.25, 0.3) is 0 Å². The van der Waals surface area contributed by atoms with Crippen LogP contribution in [0.3, 0.4) is 0 Å². The minimum absolute atomic E-state index is 0.0544. The Balaban J connectivity index is 2.24. The average molecular weight is 251 g/mol. The SMILES string of the molecule is CC(C)(COCC1CCOC1)CS(N)(=O)=O. The molecule has 0 aromatic rings. The summed E-state index contributed by atoms with van der Waals surface area (Å²) in [5, 5.41) is 5.01. The molecule has 1 rings (SSSR count). The van der Waals surface area contributed by atoms with Gasteiger partial charge in [-0.3, -0.25) is 0 Å². The second-order valence-electron chi connectivity index (χ2n) is 5.22. The summed E-state index contributed by atoms with van der Waals surface area (Å²) in [7, 11) is -3.44. The van der Waals surface area contributed by atoms with Crippen LogP contribution in [0.5, 0.6) is 0 Å². The molecule has 96 valence electrons. The Morgan fingerprint density at radius 1 is 1.50 bits per heavy atom. The maximum atomic E-state index is 11.0. The molecule has 1 saturated heterocycles. The molecule has 0 aliphatic carbocycles. The highest BCUT2D eigenvalue weighted by molar-refractivity contribution is 7.89. The van der Waals surface area contributed by atoms with Gasteiger partial charge in [-0.05, 0) is 6.42 Å². The average Bonchev–Trinajstić information content (AvgIpc) is 2.51. The fraction of sp³-hybridized carbons (Fsp3) is 1.00. The third kappa shape index (κ3) is 5.79. The van der Waals surface area contributed by atoms with E-state index >= 15 is 0 Å². The molecule has 16 heavy (non-hydrogen) atoms. The third-order valence-electron chi connectivity index (χ3n) is 2.46. The zero-order valence-electron chi connectivity index (χ0n) is 9.94. The van der Waals surface area contributed by atoms with Crippen molar-refractivity contribution < 1.29 is 17.9 Å². The Morgan fingerprint density at radius 2 is 2.19 bits per heavy atom. The maximum absolute atomic E-state index is 11.0. The van der Waals surface area contributed by atoms with E-state index in [0.717, 1.165) is 19.6 Å². The first kappa shape index (κ1) is 13.9. The number of primary sulfonamides is 1. The molecule has 0 bridgehead atoms. The molecule has 1 fully saturated rings. The second-order valence-corrected chi connectivity index (χ2v) is 6.83. The number of sulfonamides is 1. The van der Waals surface area contributed by atoms with E-state index in [1.165, 1.54) is 0 Å². The van der Waals surface area contributed by atoms with Crippen molar-refractivity contribution in [3.63, 3.8) is 0 Å². The number of hydrogen-bond donors (Lipinski definition) is 1. The molecule has 1 aliphatic heterocycles. The number of nitrogens with two attached hydrogens (primary N) is 1. The summed E-state index contributed by atoms with van der Waals surface area (Å²) in [5.74, 6) is 0.395. The Kier molecular flexibility index (Phi) is 4.73. The number of ether oxygens (including phenoxy) is 2. The predicted octanol–water partition coefficient (Wildman–Crippen LogP) is 0.354. The number of hydrogen-bond acceptors (Lipinski definition) is 4. The summed E-state index contributed by atoms with van der Waals surface area (Å²) < 4.78 is 32.7. The van der Waals surface area contributed by atoms with Gasteiger partial charge in [0.05, 0.1) is 25.6 Å². The van der Waals surface area contributed by atoms with E-state index in [2.05, 4.69) is 0 Å². The van der Waals surface area contributed by atoms with Crippen LogP contribution in [-0.4, -0.2) is 40.6 Å². The molecule has 1 aliphatic rings. The van der Waals surface area contributed by atoms with Gasteiger partial charge >= 0.3 is 0 Å². The predicted molar refractivity (Wildman–Crippen MR) is 61.5 cm³/mol. The van der Waals surface area contributed by atoms with E-state index in [0.29, 0.717) is 19.1 Å². The van der Waals surface area contributed by atoms with Crippen molar-refractivity contribution >= 4 is 10.0 Å². The highest BCUT2D eigenvalue weighted by Crippen LogP contribution is 2.19. The van der Waals surface area contributed by atoms with Gasteiger partial charge in [0, 0.05) is 17.9 Å². The van der Waals surface area contributed by atoms with Crippen LogP contribution < -0.4 is 5.14 Å². The van der Waals surface area contributed by atoms with Crippen molar-refractivity contribution in [2.45, 2.75) is 20.3 Å². The quantitative estimate of drug-likeness (QED) is 0.739. The molecule has 1 atom stereocenters. The zero-order valence-corrected chi connectivity index (χ0v) is 10.8. The van der Waals surface area contributed by atoms with E-state index in [1.54, 1.807) is 0 Å². The summed E-state index contributed by atoms with van der Waals surface area (Å²) in [6, 6.07) is 0. The Bertz CT molecular complexity index is 307. The van der Waals surface area contributed by atoms with Crippen LogP contribution in [0, 0.1) is 11.3 Å². The Labute approximate surface area is 97.3 Å². The van der Waals surface area contributed by atoms with Gasteiger partial charge in [0.15, 0.2) is 0 Å². The molecular weight excluding hydrogens is 230 g/mol. The van der Waals surface area contributed by atoms with Gasteiger partial charge < -0.3 is 9.47 Å². The molecular formula is C10H21NO4S. The summed E-state index contributed by atoms with van der Waals surface area (Å²) in [4.78, 5) is 0. The molecule has 0 radical (unpaired) electrons. The molecule has 0 saturated carbocycles. The molecule has 1 unspecified atom stereocenters. The second kappa shape index (κ2) is 5.44. The first-order chi connectivity index (χ1) is 7.29. The lowest BCUT2D eigenvalue weighted by Crippen LogP contribution is -2.33. The summed E-state index contributed by atoms with van der Waals surface area (Å²) in [6.45, 7) is 6.25. The molecule has 5 nitrogen and oxygen atoms in total. The summed E-state index contributed by atoms with van der Waals surface area (Å²) in [5.41, 5.74) is -0.437. The minimum atomic E-state index is -3.44. The van der Waals surface area contributed by atoms with E-state index < -0.39 is 15.4 Å². The van der Waals surface area contributed by atoms with Gasteiger partial charge in [-0.2, -0.15) is 0 Å². The first-order valence-electron chi connectivity index (χ1n) is 5.44. The summed E-state index contributed by atoms with van der Waals surface area (Å²) in [6.07, 6.45) is 1.02. The van der Waals surface area contributed by atoms with Crippen molar-refractivity contribution in [3.05, 3.63) is 0 Å². The van der Waals surface area contributed by atoms with Gasteiger partial charge in [-0.25, -0.2) is 13.6 Å². The van der Waals surface area contributed by atoms with Crippen molar-refractivity contribution in [1.82, 2.24) is 0 Å². The van der Waals surface area contributed by atoms with E-state index in [-0.39, 0.29) is 5.75 Å². The molecule has 0 aromatic carbocycles. The maximum Gasteiger partial charge on any atom is 0.209 e. The summed E-state index contributed by atoms with van der Waals surface area (Å²) >= 11 is 0. The van der Waals surface area contributed by atoms with Crippen LogP contribution in [0.1, 0.15) is 20.3 Å². The molecule has 2 N–H and O–H groups in total. The largest absolute Gasteiger partial charge is 0.381 e. The minimum Gasteiger partial charge on any atom is -0.381 e. The third-order valence-corrected chi connectivity index (χ3v) is 3.65. The van der Waals surface area contributed by atoms with Gasteiger partial charge in [0.2, 0.25) is 10.0 Å². The van der Waals surface area contributed by atoms with Crippen molar-refractivity contribution in [2.75, 3.05) is 32.2 Å². The monoisotopic (exact) mass is 251 g/mol. The highest BCUT2D eigenvalue weighted by Gasteiger charge is 2.25. The molecule has 0 aromatic heterocycles. The van der Waals surface area contributed by atoms with Gasteiger partial charge in [0.1, 0.15) is 0 Å². The Hall–Kier alpha value is -0.170. The number of rotatable bonds is 6. The molecule has 0 spiro atoms. The highest BCUT2D eigenvalue weighted by atomic mass is 32.2. The van der Waals surface area contributed by atoms with Crippen LogP contribution in [0.15, 0.2) is 0 Å². The standard InChI is InChI=1S/C10H21NO4S/c1-10(2,8-16(11,12)13)7-15-6-9-3-4-14-5-9/h9H,3-8H2,1-2H3,(H2,11,12,13). The molecule has 0 amide bonds. The van der Waals surface area contributed by atoms with E-state index in [1.807, 2.05) is 13.8 Å². The van der Waals surface area contributed by atoms with Crippen molar-refractivity contribution in [2.24, 2.45) is 16.5 Å². The fourth-order valence-electron chi connectivity index (χ4n) is 1.80. The van der Waals surface area contributed by atoms with E-state index in [9.17, 15) is 8.42 Å². The lowest BCUT2D eigenvalue weighted by molar-refractivity contribution is 0.0451. The normalized spacial score (nSPS) is 22.6. The van der Waals surface area contributed by atoms with E-state index in [4.69, 9.17) is 14.6 Å². The smallest absolute Gasteiger partial charge is 0.209 e. The van der Waals surface area contributed by atoms with Crippen molar-refractivity contribution in [3.8, 4) is 0 Å². The lowest BCUT2D eigenvalue weighted by Gasteiger charge is -2.23. The van der Waals surface area contributed by atoms with Gasteiger partial charge in [-0.15, -0.1) is 0 Å². The molecule has 1 heterocycles. The van der Waals surface area contributed by atoms with Crippen LogP contribution in [0.4, 0.5) is 0 Å². The zero-order chi connectivity index (χ0) is 12.2. The molecule has 6 heteroatoms.